The summed E-state index contributed by atoms with van der Waals surface area (Å²) in [5.41, 5.74) is 1.39. The summed E-state index contributed by atoms with van der Waals surface area (Å²) < 4.78 is 0. The van der Waals surface area contributed by atoms with Gasteiger partial charge in [0.2, 0.25) is 5.91 Å². The molecule has 2 saturated heterocycles. The minimum atomic E-state index is 0.196. The van der Waals surface area contributed by atoms with Gasteiger partial charge in [-0.1, -0.05) is 0 Å². The summed E-state index contributed by atoms with van der Waals surface area (Å²) in [6, 6.07) is 2.53. The third kappa shape index (κ3) is 2.59. The van der Waals surface area contributed by atoms with E-state index in [0.717, 1.165) is 49.9 Å². The lowest BCUT2D eigenvalue weighted by Crippen LogP contribution is -2.56. The highest BCUT2D eigenvalue weighted by Gasteiger charge is 2.40. The van der Waals surface area contributed by atoms with E-state index in [1.54, 1.807) is 11.3 Å². The molecule has 2 fully saturated rings. The fourth-order valence-electron chi connectivity index (χ4n) is 4.49. The molecule has 0 saturated carbocycles. The SMILES string of the molecule is CN1C(=O)CCC[C@@H]2[C@H]1CCCN2C(=O)c1cc2c(s1)CCC2. The summed E-state index contributed by atoms with van der Waals surface area (Å²) >= 11 is 1.70. The smallest absolute Gasteiger partial charge is 0.264 e. The largest absolute Gasteiger partial charge is 0.341 e. The average molecular weight is 332 g/mol. The Balaban J connectivity index is 1.59. The van der Waals surface area contributed by atoms with Crippen LogP contribution in [0.3, 0.4) is 0 Å². The van der Waals surface area contributed by atoms with Crippen molar-refractivity contribution in [2.24, 2.45) is 0 Å². The number of nitrogens with zero attached hydrogens (tertiary/aromatic N) is 2. The quantitative estimate of drug-likeness (QED) is 0.793. The van der Waals surface area contributed by atoms with Crippen LogP contribution in [-0.4, -0.2) is 47.3 Å². The number of hydrogen-bond acceptors (Lipinski definition) is 3. The second kappa shape index (κ2) is 5.93. The van der Waals surface area contributed by atoms with Crippen molar-refractivity contribution in [2.75, 3.05) is 13.6 Å². The summed E-state index contributed by atoms with van der Waals surface area (Å²) in [6.07, 6.45) is 7.99. The molecule has 23 heavy (non-hydrogen) atoms. The molecule has 124 valence electrons. The van der Waals surface area contributed by atoms with Crippen molar-refractivity contribution in [1.82, 2.24) is 9.80 Å². The number of carbonyl (C=O) groups excluding carboxylic acids is 2. The highest BCUT2D eigenvalue weighted by Crippen LogP contribution is 2.34. The van der Waals surface area contributed by atoms with E-state index in [9.17, 15) is 9.59 Å². The highest BCUT2D eigenvalue weighted by atomic mass is 32.1. The van der Waals surface area contributed by atoms with Gasteiger partial charge in [-0.2, -0.15) is 0 Å². The first-order valence-corrected chi connectivity index (χ1v) is 9.65. The number of aryl methyl sites for hydroxylation is 2. The highest BCUT2D eigenvalue weighted by molar-refractivity contribution is 7.14. The Kier molecular flexibility index (Phi) is 3.92. The minimum absolute atomic E-state index is 0.196. The monoisotopic (exact) mass is 332 g/mol. The lowest BCUT2D eigenvalue weighted by Gasteiger charge is -2.43. The predicted octanol–water partition coefficient (Wildman–Crippen LogP) is 2.85. The van der Waals surface area contributed by atoms with Crippen molar-refractivity contribution in [2.45, 2.75) is 63.5 Å². The zero-order valence-corrected chi connectivity index (χ0v) is 14.5. The second-order valence-electron chi connectivity index (χ2n) is 7.08. The number of thiophene rings is 1. The average Bonchev–Trinajstić information content (AvgIpc) is 3.11. The molecule has 0 spiro atoms. The summed E-state index contributed by atoms with van der Waals surface area (Å²) in [7, 11) is 1.92. The van der Waals surface area contributed by atoms with E-state index >= 15 is 0 Å². The van der Waals surface area contributed by atoms with Gasteiger partial charge in [0.05, 0.1) is 17.0 Å². The van der Waals surface area contributed by atoms with Crippen molar-refractivity contribution in [3.8, 4) is 0 Å². The standard InChI is InChI=1S/C18H24N2O2S/c1-19-13-7-4-10-20(14(13)6-3-9-17(19)21)18(22)16-11-12-5-2-8-15(12)23-16/h11,13-14H,2-10H2,1H3/t13-,14-/m1/s1. The Hall–Kier alpha value is -1.36. The van der Waals surface area contributed by atoms with Crippen LogP contribution in [-0.2, 0) is 17.6 Å². The normalized spacial score (nSPS) is 27.6. The van der Waals surface area contributed by atoms with Crippen LogP contribution < -0.4 is 0 Å². The molecule has 3 aliphatic rings. The van der Waals surface area contributed by atoms with Crippen LogP contribution in [0.4, 0.5) is 0 Å². The van der Waals surface area contributed by atoms with E-state index in [1.807, 2.05) is 11.9 Å². The Morgan fingerprint density at radius 2 is 1.96 bits per heavy atom. The van der Waals surface area contributed by atoms with E-state index in [0.29, 0.717) is 6.42 Å². The molecule has 4 rings (SSSR count). The molecule has 0 unspecified atom stereocenters. The first-order valence-electron chi connectivity index (χ1n) is 8.83. The molecule has 4 nitrogen and oxygen atoms in total. The number of amides is 2. The molecule has 2 aliphatic heterocycles. The number of hydrogen-bond donors (Lipinski definition) is 0. The summed E-state index contributed by atoms with van der Waals surface area (Å²) in [5, 5.41) is 0. The van der Waals surface area contributed by atoms with Gasteiger partial charge in [0.25, 0.3) is 5.91 Å². The van der Waals surface area contributed by atoms with E-state index in [2.05, 4.69) is 11.0 Å². The Bertz CT molecular complexity index is 617. The minimum Gasteiger partial charge on any atom is -0.341 e. The van der Waals surface area contributed by atoms with E-state index in [1.165, 1.54) is 16.9 Å². The molecule has 1 aromatic heterocycles. The second-order valence-corrected chi connectivity index (χ2v) is 8.22. The van der Waals surface area contributed by atoms with Crippen molar-refractivity contribution in [1.29, 1.82) is 0 Å². The molecule has 1 aromatic rings. The van der Waals surface area contributed by atoms with Crippen LogP contribution in [0.2, 0.25) is 0 Å². The summed E-state index contributed by atoms with van der Waals surface area (Å²) in [4.78, 5) is 31.5. The van der Waals surface area contributed by atoms with E-state index < -0.39 is 0 Å². The van der Waals surface area contributed by atoms with Gasteiger partial charge in [-0.3, -0.25) is 9.59 Å². The van der Waals surface area contributed by atoms with Crippen molar-refractivity contribution >= 4 is 23.2 Å². The molecular weight excluding hydrogens is 308 g/mol. The van der Waals surface area contributed by atoms with E-state index in [-0.39, 0.29) is 23.9 Å². The van der Waals surface area contributed by atoms with Gasteiger partial charge in [-0.25, -0.2) is 0 Å². The number of rotatable bonds is 1. The van der Waals surface area contributed by atoms with Gasteiger partial charge >= 0.3 is 0 Å². The van der Waals surface area contributed by atoms with Crippen molar-refractivity contribution < 1.29 is 9.59 Å². The summed E-state index contributed by atoms with van der Waals surface area (Å²) in [5.74, 6) is 0.434. The lowest BCUT2D eigenvalue weighted by molar-refractivity contribution is -0.132. The first-order chi connectivity index (χ1) is 11.1. The number of likely N-dealkylation sites (N-methyl/N-ethyl adjacent to an activating group) is 1. The first kappa shape index (κ1) is 15.2. The van der Waals surface area contributed by atoms with Gasteiger partial charge < -0.3 is 9.80 Å². The molecule has 1 aliphatic carbocycles. The van der Waals surface area contributed by atoms with Gasteiger partial charge in [-0.05, 0) is 56.6 Å². The zero-order valence-electron chi connectivity index (χ0n) is 13.7. The molecule has 2 amide bonds. The number of piperidine rings is 1. The maximum atomic E-state index is 13.1. The van der Waals surface area contributed by atoms with Crippen molar-refractivity contribution in [3.05, 3.63) is 21.4 Å². The fraction of sp³-hybridized carbons (Fsp3) is 0.667. The topological polar surface area (TPSA) is 40.6 Å². The van der Waals surface area contributed by atoms with Crippen LogP contribution in [0.15, 0.2) is 6.07 Å². The van der Waals surface area contributed by atoms with E-state index in [4.69, 9.17) is 0 Å². The lowest BCUT2D eigenvalue weighted by atomic mass is 9.92. The third-order valence-corrected chi connectivity index (χ3v) is 6.97. The number of carbonyl (C=O) groups is 2. The maximum absolute atomic E-state index is 13.1. The zero-order chi connectivity index (χ0) is 16.0. The Morgan fingerprint density at radius 1 is 1.13 bits per heavy atom. The maximum Gasteiger partial charge on any atom is 0.264 e. The van der Waals surface area contributed by atoms with Crippen LogP contribution in [0.5, 0.6) is 0 Å². The number of fused-ring (bicyclic) bond motifs is 2. The molecular formula is C18H24N2O2S. The molecule has 0 N–H and O–H groups in total. The van der Waals surface area contributed by atoms with Gasteiger partial charge in [-0.15, -0.1) is 11.3 Å². The van der Waals surface area contributed by atoms with Crippen LogP contribution >= 0.6 is 11.3 Å². The summed E-state index contributed by atoms with van der Waals surface area (Å²) in [6.45, 7) is 0.838. The Labute approximate surface area is 141 Å². The molecule has 2 atom stereocenters. The van der Waals surface area contributed by atoms with Gasteiger partial charge in [0.15, 0.2) is 0 Å². The number of likely N-dealkylation sites (tertiary alicyclic amines) is 2. The van der Waals surface area contributed by atoms with Crippen LogP contribution in [0.25, 0.3) is 0 Å². The molecule has 0 bridgehead atoms. The third-order valence-electron chi connectivity index (χ3n) is 5.74. The van der Waals surface area contributed by atoms with Gasteiger partial charge in [0, 0.05) is 24.9 Å². The Morgan fingerprint density at radius 3 is 2.78 bits per heavy atom. The van der Waals surface area contributed by atoms with Crippen LogP contribution in [0, 0.1) is 0 Å². The molecule has 0 radical (unpaired) electrons. The predicted molar refractivity (Wildman–Crippen MR) is 90.8 cm³/mol. The fourth-order valence-corrected chi connectivity index (χ4v) is 5.70. The van der Waals surface area contributed by atoms with Crippen molar-refractivity contribution in [3.63, 3.8) is 0 Å². The molecule has 0 aromatic carbocycles. The molecule has 5 heteroatoms. The van der Waals surface area contributed by atoms with Gasteiger partial charge in [0.1, 0.15) is 0 Å². The molecule has 3 heterocycles. The van der Waals surface area contributed by atoms with Crippen LogP contribution in [0.1, 0.15) is 58.6 Å².